The van der Waals surface area contributed by atoms with Crippen molar-refractivity contribution < 1.29 is 28.6 Å². The second kappa shape index (κ2) is 13.0. The Hall–Kier alpha value is -3.35. The van der Waals surface area contributed by atoms with E-state index in [4.69, 9.17) is 14.2 Å². The lowest BCUT2D eigenvalue weighted by Gasteiger charge is -2.08. The lowest BCUT2D eigenvalue weighted by atomic mass is 10.1. The number of alkyl carbamates (subject to hydrolysis) is 1. The fourth-order valence-corrected chi connectivity index (χ4v) is 2.70. The monoisotopic (exact) mass is 413 g/mol. The summed E-state index contributed by atoms with van der Waals surface area (Å²) in [6.07, 6.45) is 3.71. The fourth-order valence-electron chi connectivity index (χ4n) is 2.70. The first kappa shape index (κ1) is 22.9. The van der Waals surface area contributed by atoms with Gasteiger partial charge in [-0.05, 0) is 48.6 Å². The Morgan fingerprint density at radius 3 is 2.27 bits per heavy atom. The smallest absolute Gasteiger partial charge is 0.407 e. The van der Waals surface area contributed by atoms with E-state index in [1.165, 1.54) is 0 Å². The van der Waals surface area contributed by atoms with Crippen LogP contribution in [0.4, 0.5) is 4.79 Å². The largest absolute Gasteiger partial charge is 0.462 e. The van der Waals surface area contributed by atoms with Gasteiger partial charge in [0.2, 0.25) is 0 Å². The highest BCUT2D eigenvalue weighted by Gasteiger charge is 2.07. The van der Waals surface area contributed by atoms with Crippen LogP contribution in [-0.2, 0) is 19.0 Å². The Kier molecular flexibility index (Phi) is 9.92. The molecule has 0 atom stereocenters. The van der Waals surface area contributed by atoms with Crippen LogP contribution in [0.2, 0.25) is 0 Å². The first-order chi connectivity index (χ1) is 14.6. The summed E-state index contributed by atoms with van der Waals surface area (Å²) < 4.78 is 15.1. The van der Waals surface area contributed by atoms with E-state index in [2.05, 4.69) is 11.9 Å². The number of benzene rings is 2. The van der Waals surface area contributed by atoms with Gasteiger partial charge in [0.15, 0.2) is 0 Å². The van der Waals surface area contributed by atoms with Crippen LogP contribution >= 0.6 is 0 Å². The Bertz CT molecular complexity index is 864. The number of hydrogen-bond donors (Lipinski definition) is 1. The predicted molar refractivity (Wildman–Crippen MR) is 113 cm³/mol. The van der Waals surface area contributed by atoms with Crippen LogP contribution < -0.4 is 5.32 Å². The normalized spacial score (nSPS) is 10.3. The van der Waals surface area contributed by atoms with Crippen LogP contribution in [0.1, 0.15) is 36.0 Å². The maximum Gasteiger partial charge on any atom is 0.407 e. The number of fused-ring (bicyclic) bond motifs is 1. The molecule has 0 aliphatic heterocycles. The van der Waals surface area contributed by atoms with Crippen molar-refractivity contribution in [3.63, 3.8) is 0 Å². The van der Waals surface area contributed by atoms with Crippen LogP contribution in [-0.4, -0.2) is 44.4 Å². The number of rotatable bonds is 12. The van der Waals surface area contributed by atoms with E-state index in [1.54, 1.807) is 6.07 Å². The molecule has 1 amide bonds. The Morgan fingerprint density at radius 1 is 0.833 bits per heavy atom. The summed E-state index contributed by atoms with van der Waals surface area (Å²) >= 11 is 0. The molecule has 0 aliphatic carbocycles. The Labute approximate surface area is 176 Å². The molecule has 1 N–H and O–H groups in total. The maximum atomic E-state index is 12.1. The third-order valence-electron chi connectivity index (χ3n) is 4.27. The molecule has 0 aromatic heterocycles. The molecule has 0 heterocycles. The molecule has 30 heavy (non-hydrogen) atoms. The number of carbonyl (C=O) groups excluding carboxylic acids is 3. The van der Waals surface area contributed by atoms with Crippen molar-refractivity contribution in [3.05, 3.63) is 60.7 Å². The van der Waals surface area contributed by atoms with Gasteiger partial charge < -0.3 is 19.5 Å². The zero-order valence-corrected chi connectivity index (χ0v) is 16.9. The molecule has 2 aromatic rings. The number of ether oxygens (including phenoxy) is 3. The van der Waals surface area contributed by atoms with Gasteiger partial charge in [0.1, 0.15) is 6.61 Å². The topological polar surface area (TPSA) is 90.9 Å². The van der Waals surface area contributed by atoms with E-state index >= 15 is 0 Å². The molecular formula is C23H27NO6. The number of amides is 1. The highest BCUT2D eigenvalue weighted by atomic mass is 16.6. The summed E-state index contributed by atoms with van der Waals surface area (Å²) in [5.74, 6) is -0.854. The maximum absolute atomic E-state index is 12.1. The number of esters is 2. The molecule has 0 fully saturated rings. The fraction of sp³-hybridized carbons (Fsp3) is 0.348. The highest BCUT2D eigenvalue weighted by molar-refractivity contribution is 5.95. The van der Waals surface area contributed by atoms with Crippen LogP contribution in [0.5, 0.6) is 0 Å². The minimum atomic E-state index is -0.547. The molecule has 0 aliphatic rings. The van der Waals surface area contributed by atoms with Crippen LogP contribution in [0.15, 0.2) is 55.1 Å². The van der Waals surface area contributed by atoms with Crippen molar-refractivity contribution in [1.82, 2.24) is 5.32 Å². The van der Waals surface area contributed by atoms with Gasteiger partial charge in [0.05, 0.1) is 25.3 Å². The van der Waals surface area contributed by atoms with Crippen LogP contribution in [0, 0.1) is 0 Å². The van der Waals surface area contributed by atoms with Gasteiger partial charge >= 0.3 is 18.0 Å². The summed E-state index contributed by atoms with van der Waals surface area (Å²) in [5.41, 5.74) is 0.548. The molecule has 0 radical (unpaired) electrons. The van der Waals surface area contributed by atoms with Gasteiger partial charge in [0, 0.05) is 6.08 Å². The molecule has 0 bridgehead atoms. The minimum absolute atomic E-state index is 0.0673. The van der Waals surface area contributed by atoms with E-state index in [0.717, 1.165) is 42.5 Å². The van der Waals surface area contributed by atoms with Gasteiger partial charge in [-0.1, -0.05) is 36.9 Å². The standard InChI is InChI=1S/C23H27NO6/c1-2-21(25)28-16-13-24-23(27)30-15-8-4-3-7-14-29-22(26)20-12-11-18-9-5-6-10-19(18)17-20/h2,5-6,9-12,17H,1,3-4,7-8,13-16H2,(H,24,27). The molecule has 7 heteroatoms. The minimum Gasteiger partial charge on any atom is -0.462 e. The van der Waals surface area contributed by atoms with E-state index in [9.17, 15) is 14.4 Å². The van der Waals surface area contributed by atoms with Crippen molar-refractivity contribution in [2.24, 2.45) is 0 Å². The molecule has 2 rings (SSSR count). The average Bonchev–Trinajstić information content (AvgIpc) is 2.77. The number of unbranched alkanes of at least 4 members (excludes halogenated alkanes) is 3. The SMILES string of the molecule is C=CC(=O)OCCNC(=O)OCCCCCCOC(=O)c1ccc2ccccc2c1. The van der Waals surface area contributed by atoms with Crippen molar-refractivity contribution in [1.29, 1.82) is 0 Å². The Morgan fingerprint density at radius 2 is 1.53 bits per heavy atom. The third kappa shape index (κ3) is 8.34. The van der Waals surface area contributed by atoms with E-state index in [-0.39, 0.29) is 19.1 Å². The second-order valence-corrected chi connectivity index (χ2v) is 6.55. The molecule has 2 aromatic carbocycles. The second-order valence-electron chi connectivity index (χ2n) is 6.55. The van der Waals surface area contributed by atoms with Crippen molar-refractivity contribution >= 4 is 28.8 Å². The average molecular weight is 413 g/mol. The molecule has 0 unspecified atom stereocenters. The highest BCUT2D eigenvalue weighted by Crippen LogP contribution is 2.16. The van der Waals surface area contributed by atoms with Gasteiger partial charge in [0.25, 0.3) is 0 Å². The first-order valence-electron chi connectivity index (χ1n) is 9.96. The summed E-state index contributed by atoms with van der Waals surface area (Å²) in [7, 11) is 0. The quantitative estimate of drug-likeness (QED) is 0.245. The lowest BCUT2D eigenvalue weighted by Crippen LogP contribution is -2.28. The Balaban J connectivity index is 1.48. The van der Waals surface area contributed by atoms with E-state index < -0.39 is 12.1 Å². The molecule has 0 spiro atoms. The summed E-state index contributed by atoms with van der Waals surface area (Å²) in [6.45, 7) is 4.18. The van der Waals surface area contributed by atoms with Crippen molar-refractivity contribution in [3.8, 4) is 0 Å². The van der Waals surface area contributed by atoms with Gasteiger partial charge in [-0.2, -0.15) is 0 Å². The van der Waals surface area contributed by atoms with Crippen LogP contribution in [0.25, 0.3) is 10.8 Å². The number of carbonyl (C=O) groups is 3. The summed E-state index contributed by atoms with van der Waals surface area (Å²) in [5, 5.41) is 4.57. The first-order valence-corrected chi connectivity index (χ1v) is 9.96. The molecule has 7 nitrogen and oxygen atoms in total. The van der Waals surface area contributed by atoms with Crippen LogP contribution in [0.3, 0.4) is 0 Å². The van der Waals surface area contributed by atoms with Crippen molar-refractivity contribution in [2.45, 2.75) is 25.7 Å². The zero-order valence-electron chi connectivity index (χ0n) is 16.9. The molecule has 0 saturated carbocycles. The summed E-state index contributed by atoms with van der Waals surface area (Å²) in [4.78, 5) is 34.4. The van der Waals surface area contributed by atoms with Gasteiger partial charge in [-0.25, -0.2) is 14.4 Å². The third-order valence-corrected chi connectivity index (χ3v) is 4.27. The molecule has 0 saturated heterocycles. The predicted octanol–water partition coefficient (Wildman–Crippen LogP) is 4.01. The molecule has 160 valence electrons. The number of nitrogens with one attached hydrogen (secondary N) is 1. The lowest BCUT2D eigenvalue weighted by molar-refractivity contribution is -0.137. The molecular weight excluding hydrogens is 386 g/mol. The van der Waals surface area contributed by atoms with Gasteiger partial charge in [-0.15, -0.1) is 0 Å². The number of hydrogen-bond acceptors (Lipinski definition) is 6. The van der Waals surface area contributed by atoms with Crippen molar-refractivity contribution in [2.75, 3.05) is 26.4 Å². The van der Waals surface area contributed by atoms with E-state index in [1.807, 2.05) is 36.4 Å². The van der Waals surface area contributed by atoms with E-state index in [0.29, 0.717) is 18.8 Å². The van der Waals surface area contributed by atoms with Gasteiger partial charge in [-0.3, -0.25) is 0 Å². The summed E-state index contributed by atoms with van der Waals surface area (Å²) in [6, 6.07) is 13.4. The zero-order chi connectivity index (χ0) is 21.6.